The van der Waals surface area contributed by atoms with Crippen molar-refractivity contribution in [3.8, 4) is 11.6 Å². The number of nitrogens with one attached hydrogen (secondary N) is 1. The van der Waals surface area contributed by atoms with Crippen LogP contribution in [-0.2, 0) is 20.7 Å². The van der Waals surface area contributed by atoms with Crippen molar-refractivity contribution in [1.29, 1.82) is 0 Å². The lowest BCUT2D eigenvalue weighted by molar-refractivity contribution is -0.138. The lowest BCUT2D eigenvalue weighted by atomic mass is 10.0. The third-order valence-corrected chi connectivity index (χ3v) is 6.89. The van der Waals surface area contributed by atoms with Gasteiger partial charge in [-0.15, -0.1) is 0 Å². The van der Waals surface area contributed by atoms with Crippen molar-refractivity contribution in [2.75, 3.05) is 11.6 Å². The Morgan fingerprint density at radius 1 is 1.18 bits per heavy atom. The molecule has 0 aliphatic carbocycles. The SMILES string of the molecule is Cc1nc(F)ccc1Oc1ncc(C(F)(F)F)c(C)c1C(=O)Nc1cccc([S@@](C)(=O)=NC(=O)[C@@H](C)N)c1. The second kappa shape index (κ2) is 10.8. The molecule has 0 bridgehead atoms. The molecule has 2 amide bonds. The van der Waals surface area contributed by atoms with Crippen molar-refractivity contribution in [3.63, 3.8) is 0 Å². The summed E-state index contributed by atoms with van der Waals surface area (Å²) in [6, 6.07) is 6.69. The molecule has 0 spiro atoms. The number of rotatable bonds is 6. The molecule has 0 radical (unpaired) electrons. The van der Waals surface area contributed by atoms with Crippen molar-refractivity contribution >= 4 is 27.2 Å². The largest absolute Gasteiger partial charge is 0.436 e. The van der Waals surface area contributed by atoms with E-state index < -0.39 is 62.3 Å². The smallest absolute Gasteiger partial charge is 0.418 e. The van der Waals surface area contributed by atoms with Gasteiger partial charge >= 0.3 is 6.18 Å². The summed E-state index contributed by atoms with van der Waals surface area (Å²) in [6.07, 6.45) is -3.09. The first kappa shape index (κ1) is 28.7. The fraction of sp³-hybridized carbons (Fsp3) is 0.250. The molecule has 0 aliphatic rings. The molecule has 38 heavy (non-hydrogen) atoms. The van der Waals surface area contributed by atoms with Crippen molar-refractivity contribution in [2.24, 2.45) is 10.1 Å². The lowest BCUT2D eigenvalue weighted by Crippen LogP contribution is -2.25. The van der Waals surface area contributed by atoms with E-state index in [1.54, 1.807) is 0 Å². The maximum atomic E-state index is 13.6. The van der Waals surface area contributed by atoms with Crippen molar-refractivity contribution in [2.45, 2.75) is 37.9 Å². The van der Waals surface area contributed by atoms with Crippen LogP contribution in [0.2, 0.25) is 0 Å². The number of aryl methyl sites for hydroxylation is 1. The third kappa shape index (κ3) is 6.50. The first-order chi connectivity index (χ1) is 17.6. The number of pyridine rings is 2. The van der Waals surface area contributed by atoms with Crippen LogP contribution in [0.4, 0.5) is 23.2 Å². The van der Waals surface area contributed by atoms with E-state index in [9.17, 15) is 31.4 Å². The number of amides is 2. The molecular formula is C24H23F4N5O4S. The van der Waals surface area contributed by atoms with E-state index in [4.69, 9.17) is 10.5 Å². The molecule has 1 aromatic carbocycles. The van der Waals surface area contributed by atoms with Gasteiger partial charge in [-0.25, -0.2) is 14.2 Å². The number of benzene rings is 1. The Labute approximate surface area is 215 Å². The Morgan fingerprint density at radius 2 is 1.87 bits per heavy atom. The summed E-state index contributed by atoms with van der Waals surface area (Å²) in [7, 11) is -3.25. The number of ether oxygens (including phenoxy) is 1. The van der Waals surface area contributed by atoms with Gasteiger partial charge in [-0.05, 0) is 56.7 Å². The number of hydrogen-bond donors (Lipinski definition) is 2. The van der Waals surface area contributed by atoms with Crippen LogP contribution < -0.4 is 15.8 Å². The van der Waals surface area contributed by atoms with Gasteiger partial charge in [-0.3, -0.25) is 9.59 Å². The standard InChI is InChI=1S/C24H23F4N5O4S/c1-12-17(24(26,27)28)11-30-23(37-18-8-9-19(25)31-14(18)3)20(12)22(35)32-15-6-5-7-16(10-15)38(4,36)33-21(34)13(2)29/h5-11,13H,29H2,1-4H3,(H,32,35)/t13-,38-/m1/s1. The summed E-state index contributed by atoms with van der Waals surface area (Å²) >= 11 is 0. The van der Waals surface area contributed by atoms with E-state index in [-0.39, 0.29) is 22.0 Å². The molecule has 9 nitrogen and oxygen atoms in total. The molecule has 14 heteroatoms. The second-order valence-corrected chi connectivity index (χ2v) is 10.6. The average Bonchev–Trinajstić information content (AvgIpc) is 2.80. The number of alkyl halides is 3. The van der Waals surface area contributed by atoms with E-state index in [0.29, 0.717) is 6.20 Å². The van der Waals surface area contributed by atoms with Crippen LogP contribution in [0.25, 0.3) is 0 Å². The molecule has 3 N–H and O–H groups in total. The summed E-state index contributed by atoms with van der Waals surface area (Å²) in [4.78, 5) is 32.5. The Hall–Kier alpha value is -3.91. The zero-order chi connectivity index (χ0) is 28.4. The number of carbonyl (C=O) groups excluding carboxylic acids is 2. The molecule has 202 valence electrons. The summed E-state index contributed by atoms with van der Waals surface area (Å²) in [5.41, 5.74) is 3.43. The quantitative estimate of drug-likeness (QED) is 0.336. The highest BCUT2D eigenvalue weighted by molar-refractivity contribution is 7.93. The molecule has 2 atom stereocenters. The maximum absolute atomic E-state index is 13.6. The summed E-state index contributed by atoms with van der Waals surface area (Å²) in [5, 5.41) is 2.44. The minimum absolute atomic E-state index is 0.0276. The van der Waals surface area contributed by atoms with E-state index in [2.05, 4.69) is 19.6 Å². The minimum atomic E-state index is -4.82. The Bertz CT molecular complexity index is 1530. The minimum Gasteiger partial charge on any atom is -0.436 e. The summed E-state index contributed by atoms with van der Waals surface area (Å²) < 4.78 is 76.4. The zero-order valence-electron chi connectivity index (χ0n) is 20.6. The number of halogens is 4. The summed E-state index contributed by atoms with van der Waals surface area (Å²) in [6.45, 7) is 3.87. The highest BCUT2D eigenvalue weighted by Gasteiger charge is 2.36. The van der Waals surface area contributed by atoms with E-state index in [1.807, 2.05) is 0 Å². The second-order valence-electron chi connectivity index (χ2n) is 8.30. The fourth-order valence-corrected chi connectivity index (χ4v) is 4.54. The molecule has 3 aromatic rings. The molecule has 0 saturated heterocycles. The maximum Gasteiger partial charge on any atom is 0.418 e. The number of anilines is 1. The van der Waals surface area contributed by atoms with Crippen molar-refractivity contribution in [3.05, 3.63) is 70.9 Å². The van der Waals surface area contributed by atoms with Crippen LogP contribution in [0, 0.1) is 19.8 Å². The lowest BCUT2D eigenvalue weighted by Gasteiger charge is -2.17. The Kier molecular flexibility index (Phi) is 8.17. The van der Waals surface area contributed by atoms with Gasteiger partial charge in [-0.1, -0.05) is 6.07 Å². The van der Waals surface area contributed by atoms with Crippen LogP contribution in [0.3, 0.4) is 0 Å². The molecular weight excluding hydrogens is 530 g/mol. The van der Waals surface area contributed by atoms with E-state index in [0.717, 1.165) is 13.0 Å². The van der Waals surface area contributed by atoms with Gasteiger partial charge in [0.25, 0.3) is 11.8 Å². The third-order valence-electron chi connectivity index (χ3n) is 5.23. The van der Waals surface area contributed by atoms with Crippen LogP contribution in [0.5, 0.6) is 11.6 Å². The van der Waals surface area contributed by atoms with Crippen molar-refractivity contribution < 1.29 is 36.1 Å². The van der Waals surface area contributed by atoms with Crippen molar-refractivity contribution in [1.82, 2.24) is 9.97 Å². The monoisotopic (exact) mass is 553 g/mol. The number of hydrogen-bond acceptors (Lipinski definition) is 7. The summed E-state index contributed by atoms with van der Waals surface area (Å²) in [5.74, 6) is -3.11. The molecule has 0 aliphatic heterocycles. The first-order valence-corrected chi connectivity index (χ1v) is 12.8. The number of carbonyl (C=O) groups is 2. The predicted molar refractivity (Wildman–Crippen MR) is 131 cm³/mol. The van der Waals surface area contributed by atoms with Gasteiger partial charge in [0.1, 0.15) is 5.56 Å². The Balaban J connectivity index is 2.05. The van der Waals surface area contributed by atoms with Gasteiger partial charge < -0.3 is 15.8 Å². The average molecular weight is 554 g/mol. The zero-order valence-corrected chi connectivity index (χ0v) is 21.4. The number of nitrogens with zero attached hydrogens (tertiary/aromatic N) is 3. The first-order valence-electron chi connectivity index (χ1n) is 10.9. The van der Waals surface area contributed by atoms with Gasteiger partial charge in [0.15, 0.2) is 5.75 Å². The molecule has 0 saturated carbocycles. The van der Waals surface area contributed by atoms with E-state index >= 15 is 0 Å². The molecule has 2 aromatic heterocycles. The van der Waals surface area contributed by atoms with Crippen LogP contribution >= 0.6 is 0 Å². The number of nitrogens with two attached hydrogens (primary N) is 1. The Morgan fingerprint density at radius 3 is 2.47 bits per heavy atom. The topological polar surface area (TPSA) is 137 Å². The van der Waals surface area contributed by atoms with E-state index in [1.165, 1.54) is 50.4 Å². The number of aromatic nitrogens is 2. The highest BCUT2D eigenvalue weighted by Crippen LogP contribution is 2.37. The molecule has 3 rings (SSSR count). The highest BCUT2D eigenvalue weighted by atomic mass is 32.2. The van der Waals surface area contributed by atoms with Gasteiger partial charge in [0, 0.05) is 23.0 Å². The van der Waals surface area contributed by atoms with Crippen LogP contribution in [-0.4, -0.2) is 38.3 Å². The van der Waals surface area contributed by atoms with Crippen LogP contribution in [0.1, 0.15) is 34.1 Å². The van der Waals surface area contributed by atoms with Gasteiger partial charge in [0.2, 0.25) is 11.8 Å². The normalized spacial score (nSPS) is 13.8. The molecule has 0 fully saturated rings. The van der Waals surface area contributed by atoms with Crippen LogP contribution in [0.15, 0.2) is 51.9 Å². The van der Waals surface area contributed by atoms with Gasteiger partial charge in [-0.2, -0.15) is 21.9 Å². The molecule has 2 heterocycles. The predicted octanol–water partition coefficient (Wildman–Crippen LogP) is 4.63. The fourth-order valence-electron chi connectivity index (χ4n) is 3.25. The molecule has 0 unspecified atom stereocenters. The van der Waals surface area contributed by atoms with Gasteiger partial charge in [0.05, 0.1) is 27.0 Å².